The van der Waals surface area contributed by atoms with E-state index < -0.39 is 6.10 Å². The van der Waals surface area contributed by atoms with Crippen LogP contribution in [0.1, 0.15) is 12.5 Å². The van der Waals surface area contributed by atoms with Crippen LogP contribution < -0.4 is 10.6 Å². The SMILES string of the molecule is Cc1cccc(NC(=S)NC[C@@H](C)O)c1. The molecule has 0 aliphatic heterocycles. The molecule has 1 aromatic rings. The first kappa shape index (κ1) is 11.9. The molecule has 82 valence electrons. The number of thiocarbonyl (C=S) groups is 1. The van der Waals surface area contributed by atoms with E-state index in [0.29, 0.717) is 11.7 Å². The molecule has 0 aromatic heterocycles. The first-order valence-corrected chi connectivity index (χ1v) is 5.28. The van der Waals surface area contributed by atoms with Crippen LogP contribution in [0.15, 0.2) is 24.3 Å². The van der Waals surface area contributed by atoms with Crippen molar-refractivity contribution < 1.29 is 5.11 Å². The molecular weight excluding hydrogens is 208 g/mol. The van der Waals surface area contributed by atoms with Crippen molar-refractivity contribution in [2.75, 3.05) is 11.9 Å². The Morgan fingerprint density at radius 2 is 2.27 bits per heavy atom. The molecule has 0 saturated carbocycles. The zero-order valence-corrected chi connectivity index (χ0v) is 9.77. The Morgan fingerprint density at radius 1 is 1.53 bits per heavy atom. The lowest BCUT2D eigenvalue weighted by Crippen LogP contribution is -2.33. The third kappa shape index (κ3) is 4.76. The van der Waals surface area contributed by atoms with E-state index in [0.717, 1.165) is 5.69 Å². The highest BCUT2D eigenvalue weighted by Crippen LogP contribution is 2.08. The number of aliphatic hydroxyl groups is 1. The molecule has 0 aliphatic carbocycles. The Balaban J connectivity index is 2.44. The first-order valence-electron chi connectivity index (χ1n) is 4.87. The molecule has 3 N–H and O–H groups in total. The largest absolute Gasteiger partial charge is 0.392 e. The second-order valence-electron chi connectivity index (χ2n) is 3.55. The Bertz CT molecular complexity index is 339. The lowest BCUT2D eigenvalue weighted by Gasteiger charge is -2.11. The van der Waals surface area contributed by atoms with Gasteiger partial charge in [0.05, 0.1) is 6.10 Å². The van der Waals surface area contributed by atoms with Crippen LogP contribution in [-0.2, 0) is 0 Å². The topological polar surface area (TPSA) is 44.3 Å². The van der Waals surface area contributed by atoms with Gasteiger partial charge in [0.1, 0.15) is 0 Å². The van der Waals surface area contributed by atoms with Gasteiger partial charge in [-0.25, -0.2) is 0 Å². The minimum Gasteiger partial charge on any atom is -0.392 e. The maximum absolute atomic E-state index is 9.06. The van der Waals surface area contributed by atoms with Crippen LogP contribution in [0.5, 0.6) is 0 Å². The maximum Gasteiger partial charge on any atom is 0.170 e. The zero-order chi connectivity index (χ0) is 11.3. The minimum absolute atomic E-state index is 0.401. The van der Waals surface area contributed by atoms with Gasteiger partial charge in [0.25, 0.3) is 0 Å². The summed E-state index contributed by atoms with van der Waals surface area (Å²) in [7, 11) is 0. The average Bonchev–Trinajstić information content (AvgIpc) is 2.15. The predicted molar refractivity (Wildman–Crippen MR) is 67.1 cm³/mol. The van der Waals surface area contributed by atoms with Crippen molar-refractivity contribution in [1.82, 2.24) is 5.32 Å². The number of aryl methyl sites for hydroxylation is 1. The lowest BCUT2D eigenvalue weighted by molar-refractivity contribution is 0.198. The van der Waals surface area contributed by atoms with Gasteiger partial charge in [-0.2, -0.15) is 0 Å². The second-order valence-corrected chi connectivity index (χ2v) is 3.96. The normalized spacial score (nSPS) is 11.9. The van der Waals surface area contributed by atoms with Crippen LogP contribution in [0.3, 0.4) is 0 Å². The van der Waals surface area contributed by atoms with Crippen molar-refractivity contribution in [3.63, 3.8) is 0 Å². The molecule has 1 rings (SSSR count). The standard InChI is InChI=1S/C11H16N2OS/c1-8-4-3-5-10(6-8)13-11(15)12-7-9(2)14/h3-6,9,14H,7H2,1-2H3,(H2,12,13,15)/t9-/m1/s1. The van der Waals surface area contributed by atoms with Crippen molar-refractivity contribution in [3.8, 4) is 0 Å². The fourth-order valence-electron chi connectivity index (χ4n) is 1.14. The third-order valence-electron chi connectivity index (χ3n) is 1.83. The van der Waals surface area contributed by atoms with Gasteiger partial charge in [0.2, 0.25) is 0 Å². The Labute approximate surface area is 95.5 Å². The number of nitrogens with one attached hydrogen (secondary N) is 2. The molecule has 3 nitrogen and oxygen atoms in total. The molecule has 0 aliphatic rings. The van der Waals surface area contributed by atoms with Crippen molar-refractivity contribution in [2.45, 2.75) is 20.0 Å². The number of hydrogen-bond donors (Lipinski definition) is 3. The van der Waals surface area contributed by atoms with E-state index in [1.165, 1.54) is 5.56 Å². The first-order chi connectivity index (χ1) is 7.08. The Hall–Kier alpha value is -1.13. The minimum atomic E-state index is -0.401. The van der Waals surface area contributed by atoms with E-state index in [2.05, 4.69) is 10.6 Å². The van der Waals surface area contributed by atoms with E-state index in [1.54, 1.807) is 6.92 Å². The lowest BCUT2D eigenvalue weighted by atomic mass is 10.2. The van der Waals surface area contributed by atoms with E-state index in [9.17, 15) is 0 Å². The van der Waals surface area contributed by atoms with Gasteiger partial charge >= 0.3 is 0 Å². The number of benzene rings is 1. The Morgan fingerprint density at radius 3 is 2.87 bits per heavy atom. The van der Waals surface area contributed by atoms with Gasteiger partial charge in [0.15, 0.2) is 5.11 Å². The van der Waals surface area contributed by atoms with Crippen molar-refractivity contribution in [2.24, 2.45) is 0 Å². The van der Waals surface area contributed by atoms with E-state index in [-0.39, 0.29) is 0 Å². The van der Waals surface area contributed by atoms with Crippen LogP contribution in [0.2, 0.25) is 0 Å². The second kappa shape index (κ2) is 5.68. The van der Waals surface area contributed by atoms with Crippen molar-refractivity contribution >= 4 is 23.0 Å². The fourth-order valence-corrected chi connectivity index (χ4v) is 1.34. The quantitative estimate of drug-likeness (QED) is 0.683. The molecule has 4 heteroatoms. The zero-order valence-electron chi connectivity index (χ0n) is 8.95. The monoisotopic (exact) mass is 224 g/mol. The van der Waals surface area contributed by atoms with Crippen LogP contribution >= 0.6 is 12.2 Å². The number of rotatable bonds is 3. The van der Waals surface area contributed by atoms with Gasteiger partial charge in [-0.1, -0.05) is 12.1 Å². The maximum atomic E-state index is 9.06. The molecule has 15 heavy (non-hydrogen) atoms. The summed E-state index contributed by atoms with van der Waals surface area (Å²) >= 11 is 5.06. The molecule has 0 fully saturated rings. The van der Waals surface area contributed by atoms with Gasteiger partial charge in [0, 0.05) is 12.2 Å². The van der Waals surface area contributed by atoms with Crippen molar-refractivity contribution in [1.29, 1.82) is 0 Å². The van der Waals surface area contributed by atoms with Gasteiger partial charge < -0.3 is 15.7 Å². The molecule has 1 aromatic carbocycles. The molecule has 0 unspecified atom stereocenters. The Kier molecular flexibility index (Phi) is 4.52. The molecule has 0 saturated heterocycles. The summed E-state index contributed by atoms with van der Waals surface area (Å²) in [5, 5.41) is 15.6. The molecular formula is C11H16N2OS. The molecule has 0 radical (unpaired) electrons. The highest BCUT2D eigenvalue weighted by molar-refractivity contribution is 7.80. The van der Waals surface area contributed by atoms with Gasteiger partial charge in [-0.15, -0.1) is 0 Å². The average molecular weight is 224 g/mol. The summed E-state index contributed by atoms with van der Waals surface area (Å²) in [6, 6.07) is 7.95. The third-order valence-corrected chi connectivity index (χ3v) is 2.08. The van der Waals surface area contributed by atoms with Crippen LogP contribution in [0.4, 0.5) is 5.69 Å². The molecule has 0 heterocycles. The van der Waals surface area contributed by atoms with Crippen molar-refractivity contribution in [3.05, 3.63) is 29.8 Å². The summed E-state index contributed by atoms with van der Waals surface area (Å²) in [4.78, 5) is 0. The fraction of sp³-hybridized carbons (Fsp3) is 0.364. The molecule has 0 bridgehead atoms. The van der Waals surface area contributed by atoms with E-state index in [4.69, 9.17) is 17.3 Å². The van der Waals surface area contributed by atoms with E-state index in [1.807, 2.05) is 31.2 Å². The van der Waals surface area contributed by atoms with Crippen LogP contribution in [0, 0.1) is 6.92 Å². The van der Waals surface area contributed by atoms with Gasteiger partial charge in [-0.05, 0) is 43.8 Å². The summed E-state index contributed by atoms with van der Waals surface area (Å²) in [5.74, 6) is 0. The van der Waals surface area contributed by atoms with Crippen LogP contribution in [0.25, 0.3) is 0 Å². The van der Waals surface area contributed by atoms with E-state index >= 15 is 0 Å². The smallest absolute Gasteiger partial charge is 0.170 e. The number of aliphatic hydroxyl groups excluding tert-OH is 1. The highest BCUT2D eigenvalue weighted by Gasteiger charge is 1.99. The summed E-state index contributed by atoms with van der Waals surface area (Å²) in [6.45, 7) is 4.19. The molecule has 0 spiro atoms. The predicted octanol–water partition coefficient (Wildman–Crippen LogP) is 1.66. The highest BCUT2D eigenvalue weighted by atomic mass is 32.1. The molecule has 0 amide bonds. The summed E-state index contributed by atoms with van der Waals surface area (Å²) in [5.41, 5.74) is 2.14. The summed E-state index contributed by atoms with van der Waals surface area (Å²) in [6.07, 6.45) is -0.401. The number of anilines is 1. The van der Waals surface area contributed by atoms with Crippen LogP contribution in [-0.4, -0.2) is 22.9 Å². The van der Waals surface area contributed by atoms with Gasteiger partial charge in [-0.3, -0.25) is 0 Å². The summed E-state index contributed by atoms with van der Waals surface area (Å²) < 4.78 is 0. The number of hydrogen-bond acceptors (Lipinski definition) is 2. The molecule has 1 atom stereocenters.